The molecule has 0 spiro atoms. The van der Waals surface area contributed by atoms with E-state index in [9.17, 15) is 19.5 Å². The first-order chi connectivity index (χ1) is 19.3. The Bertz CT molecular complexity index is 1580. The molecule has 6 rings (SSSR count). The number of anilines is 2. The number of nitrogens with one attached hydrogen (secondary N) is 1. The van der Waals surface area contributed by atoms with Crippen LogP contribution >= 0.6 is 23.3 Å². The monoisotopic (exact) mass is 587 g/mol. The van der Waals surface area contributed by atoms with Crippen molar-refractivity contribution in [2.45, 2.75) is 30.5 Å². The Kier molecular flexibility index (Phi) is 6.72. The maximum Gasteiger partial charge on any atom is 0.352 e. The minimum atomic E-state index is -1.25. The summed E-state index contributed by atoms with van der Waals surface area (Å²) in [5, 5.41) is 20.3. The number of aliphatic carboxylic acids is 1. The molecule has 0 aliphatic carbocycles. The molecule has 6 heterocycles. The van der Waals surface area contributed by atoms with Crippen molar-refractivity contribution in [2.24, 2.45) is 5.16 Å². The number of rotatable bonds is 8. The fourth-order valence-corrected chi connectivity index (χ4v) is 6.42. The topological polar surface area (TPSA) is 217 Å². The minimum absolute atomic E-state index is 0.0437. The lowest BCUT2D eigenvalue weighted by Crippen LogP contribution is -2.71. The second kappa shape index (κ2) is 10.4. The Hall–Kier alpha value is -4.29. The number of ether oxygens (including phenoxy) is 1. The van der Waals surface area contributed by atoms with Gasteiger partial charge in [-0.1, -0.05) is 14.8 Å². The molecule has 208 valence electrons. The van der Waals surface area contributed by atoms with Crippen molar-refractivity contribution in [3.63, 3.8) is 0 Å². The number of nitrogen functional groups attached to an aromatic ring is 2. The molecule has 40 heavy (non-hydrogen) atoms. The molecule has 3 aromatic heterocycles. The molecule has 1 unspecified atom stereocenters. The molecule has 0 saturated carbocycles. The highest BCUT2D eigenvalue weighted by molar-refractivity contribution is 8.00. The summed E-state index contributed by atoms with van der Waals surface area (Å²) in [4.78, 5) is 49.4. The second-order valence-corrected chi connectivity index (χ2v) is 11.0. The van der Waals surface area contributed by atoms with Gasteiger partial charge in [0, 0.05) is 35.3 Å². The molecule has 18 heteroatoms. The number of carbonyl (C=O) groups excluding carboxylic acids is 2. The molecular weight excluding hydrogens is 564 g/mol. The molecular formula is C22H23N10O6S2+. The third-order valence-corrected chi connectivity index (χ3v) is 8.39. The highest BCUT2D eigenvalue weighted by Gasteiger charge is 2.54. The quantitative estimate of drug-likeness (QED) is 0.103. The summed E-state index contributed by atoms with van der Waals surface area (Å²) >= 11 is 2.22. The zero-order valence-electron chi connectivity index (χ0n) is 20.7. The van der Waals surface area contributed by atoms with Gasteiger partial charge < -0.3 is 31.5 Å². The third kappa shape index (κ3) is 4.58. The number of oxime groups is 1. The van der Waals surface area contributed by atoms with Gasteiger partial charge >= 0.3 is 11.6 Å². The lowest BCUT2D eigenvalue weighted by atomic mass is 10.0. The van der Waals surface area contributed by atoms with E-state index in [1.54, 1.807) is 29.1 Å². The average molecular weight is 588 g/mol. The summed E-state index contributed by atoms with van der Waals surface area (Å²) < 4.78 is 12.6. The number of fused-ring (bicyclic) bond motifs is 2. The van der Waals surface area contributed by atoms with Gasteiger partial charge in [0.25, 0.3) is 17.6 Å². The van der Waals surface area contributed by atoms with Crippen molar-refractivity contribution >= 4 is 63.4 Å². The normalized spacial score (nSPS) is 22.8. The van der Waals surface area contributed by atoms with E-state index in [0.717, 1.165) is 11.5 Å². The first-order valence-corrected chi connectivity index (χ1v) is 13.9. The van der Waals surface area contributed by atoms with Crippen molar-refractivity contribution in [1.29, 1.82) is 0 Å². The number of aromatic nitrogens is 5. The summed E-state index contributed by atoms with van der Waals surface area (Å²) in [6.45, 7) is 1.03. The summed E-state index contributed by atoms with van der Waals surface area (Å²) in [7, 11) is 0. The Balaban J connectivity index is 1.22. The zero-order chi connectivity index (χ0) is 28.0. The van der Waals surface area contributed by atoms with Crippen LogP contribution in [0.5, 0.6) is 0 Å². The smallest absolute Gasteiger partial charge is 0.352 e. The van der Waals surface area contributed by atoms with E-state index < -0.39 is 29.2 Å². The van der Waals surface area contributed by atoms with Crippen LogP contribution < -0.4 is 21.4 Å². The van der Waals surface area contributed by atoms with Crippen molar-refractivity contribution in [3.05, 3.63) is 41.6 Å². The van der Waals surface area contributed by atoms with Gasteiger partial charge in [-0.05, 0) is 6.07 Å². The summed E-state index contributed by atoms with van der Waals surface area (Å²) in [5.74, 6) is -1.91. The van der Waals surface area contributed by atoms with Gasteiger partial charge in [0.1, 0.15) is 23.7 Å². The van der Waals surface area contributed by atoms with Crippen molar-refractivity contribution < 1.29 is 33.6 Å². The summed E-state index contributed by atoms with van der Waals surface area (Å²) in [5.41, 5.74) is 12.5. The Morgan fingerprint density at radius 3 is 2.95 bits per heavy atom. The predicted octanol–water partition coefficient (Wildman–Crippen LogP) is -1.41. The maximum atomic E-state index is 13.2. The Morgan fingerprint density at radius 1 is 1.38 bits per heavy atom. The molecule has 0 aromatic carbocycles. The molecule has 16 nitrogen and oxygen atoms in total. The highest BCUT2D eigenvalue weighted by atomic mass is 32.2. The van der Waals surface area contributed by atoms with E-state index in [0.29, 0.717) is 42.4 Å². The molecule has 2 amide bonds. The van der Waals surface area contributed by atoms with Crippen LogP contribution in [0.2, 0.25) is 0 Å². The Morgan fingerprint density at radius 2 is 2.23 bits per heavy atom. The van der Waals surface area contributed by atoms with Gasteiger partial charge in [-0.15, -0.1) is 11.8 Å². The molecule has 3 aromatic rings. The lowest BCUT2D eigenvalue weighted by Gasteiger charge is -2.49. The van der Waals surface area contributed by atoms with Crippen molar-refractivity contribution in [2.75, 3.05) is 30.4 Å². The summed E-state index contributed by atoms with van der Waals surface area (Å²) in [6, 6.07) is 2.55. The molecule has 2 saturated heterocycles. The van der Waals surface area contributed by atoms with Gasteiger partial charge in [-0.25, -0.2) is 9.36 Å². The number of carbonyl (C=O) groups is 3. The molecule has 0 bridgehead atoms. The SMILES string of the molecule is Nc1nc(/C(=N/OC2CCOC2)C(=O)N[C@@H]2C(=O)N3C(C(=O)O)=C(C[n+]4cc(N)n5ncccc54)CS[C@H]23)ns1. The minimum Gasteiger partial charge on any atom is -0.477 e. The van der Waals surface area contributed by atoms with E-state index in [1.807, 2.05) is 0 Å². The standard InChI is InChI=1S/C22H22N10O6S2/c23-12-7-30(13-2-1-4-25-32(12)13)6-10-9-39-20-15(19(34)31(20)16(10)21(35)36)26-18(33)14(17-27-22(24)40-29-17)28-38-11-3-5-37-8-11/h1-2,4,7,11,15,20H,3,5-6,8-9H2,(H5-,23,24,25,26,27,29,33,35,36)/p+1/b28-14-/t11?,15-,20-/m1/s1. The fourth-order valence-electron chi connectivity index (χ4n) is 4.65. The van der Waals surface area contributed by atoms with E-state index in [4.69, 9.17) is 21.0 Å². The first kappa shape index (κ1) is 26.0. The van der Waals surface area contributed by atoms with Crippen molar-refractivity contribution in [3.8, 4) is 0 Å². The number of nitrogens with zero attached hydrogens (tertiary/aromatic N) is 7. The van der Waals surface area contributed by atoms with Gasteiger partial charge in [0.2, 0.25) is 11.5 Å². The van der Waals surface area contributed by atoms with Gasteiger partial charge in [-0.3, -0.25) is 14.5 Å². The molecule has 3 aliphatic heterocycles. The number of thioether (sulfide) groups is 1. The molecule has 2 fully saturated rings. The maximum absolute atomic E-state index is 13.2. The van der Waals surface area contributed by atoms with Crippen LogP contribution in [0.4, 0.5) is 10.9 Å². The number of β-lactam (4-membered cyclic amide) rings is 1. The van der Waals surface area contributed by atoms with Gasteiger partial charge in [0.05, 0.1) is 19.4 Å². The van der Waals surface area contributed by atoms with Crippen LogP contribution in [0.15, 0.2) is 41.0 Å². The highest BCUT2D eigenvalue weighted by Crippen LogP contribution is 2.40. The Labute approximate surface area is 233 Å². The average Bonchev–Trinajstić information content (AvgIpc) is 3.69. The first-order valence-electron chi connectivity index (χ1n) is 12.1. The second-order valence-electron chi connectivity index (χ2n) is 9.08. The predicted molar refractivity (Wildman–Crippen MR) is 141 cm³/mol. The summed E-state index contributed by atoms with van der Waals surface area (Å²) in [6.07, 6.45) is 3.52. The number of imidazole rings is 1. The van der Waals surface area contributed by atoms with Crippen LogP contribution in [-0.2, 0) is 30.5 Å². The van der Waals surface area contributed by atoms with Gasteiger partial charge in [-0.2, -0.15) is 9.36 Å². The zero-order valence-corrected chi connectivity index (χ0v) is 22.3. The van der Waals surface area contributed by atoms with E-state index in [2.05, 4.69) is 24.9 Å². The third-order valence-electron chi connectivity index (χ3n) is 6.50. The van der Waals surface area contributed by atoms with E-state index in [1.165, 1.54) is 21.2 Å². The van der Waals surface area contributed by atoms with Crippen LogP contribution in [0, 0.1) is 0 Å². The number of hydrogen-bond donors (Lipinski definition) is 4. The number of nitrogens with two attached hydrogens (primary N) is 2. The van der Waals surface area contributed by atoms with Crippen LogP contribution in [0.25, 0.3) is 5.65 Å². The lowest BCUT2D eigenvalue weighted by molar-refractivity contribution is -0.662. The number of hydrogen-bond acceptors (Lipinski definition) is 13. The largest absolute Gasteiger partial charge is 0.477 e. The molecule has 3 aliphatic rings. The van der Waals surface area contributed by atoms with Crippen LogP contribution in [0.3, 0.4) is 0 Å². The van der Waals surface area contributed by atoms with Crippen molar-refractivity contribution in [1.82, 2.24) is 29.2 Å². The number of carboxylic acid groups (broad SMARTS) is 1. The molecule has 3 atom stereocenters. The van der Waals surface area contributed by atoms with E-state index in [-0.39, 0.29) is 35.0 Å². The fraction of sp³-hybridized carbons (Fsp3) is 0.364. The van der Waals surface area contributed by atoms with Gasteiger partial charge in [0.15, 0.2) is 17.4 Å². The number of carboxylic acids is 1. The molecule has 0 radical (unpaired) electrons. The number of amides is 2. The molecule has 6 N–H and O–H groups in total. The van der Waals surface area contributed by atoms with Crippen LogP contribution in [-0.4, -0.2) is 89.0 Å². The van der Waals surface area contributed by atoms with Crippen LogP contribution in [0.1, 0.15) is 12.2 Å². The van der Waals surface area contributed by atoms with E-state index >= 15 is 0 Å².